The van der Waals surface area contributed by atoms with Crippen molar-refractivity contribution in [1.29, 1.82) is 0 Å². The Kier molecular flexibility index (Phi) is 4.43. The topological polar surface area (TPSA) is 62.3 Å². The average Bonchev–Trinajstić information content (AvgIpc) is 2.66. The van der Waals surface area contributed by atoms with Gasteiger partial charge in [0.05, 0.1) is 16.9 Å². The number of anilines is 1. The zero-order valence-corrected chi connectivity index (χ0v) is 15.4. The standard InChI is InChI=1S/C20H12ClN3O2S/c21-13-6-9-15(10-7-13)24-19(26)16(18(25)23-20(24)27)11-14-8-5-12-3-1-2-4-17(12)22-14/h1-11H,(H,23,25,27). The van der Waals surface area contributed by atoms with E-state index in [-0.39, 0.29) is 10.7 Å². The molecule has 1 saturated heterocycles. The second-order valence-corrected chi connectivity index (χ2v) is 6.69. The number of thiocarbonyl (C=S) groups is 1. The molecule has 27 heavy (non-hydrogen) atoms. The lowest BCUT2D eigenvalue weighted by molar-refractivity contribution is -0.122. The normalized spacial score (nSPS) is 16.1. The molecule has 2 heterocycles. The highest BCUT2D eigenvalue weighted by molar-refractivity contribution is 7.80. The zero-order valence-electron chi connectivity index (χ0n) is 13.8. The molecule has 0 aliphatic carbocycles. The van der Waals surface area contributed by atoms with Crippen LogP contribution in [0, 0.1) is 0 Å². The van der Waals surface area contributed by atoms with Crippen LogP contribution in [-0.2, 0) is 9.59 Å². The van der Waals surface area contributed by atoms with E-state index in [9.17, 15) is 9.59 Å². The molecule has 0 spiro atoms. The number of carbonyl (C=O) groups is 2. The summed E-state index contributed by atoms with van der Waals surface area (Å²) in [6.07, 6.45) is 1.47. The fourth-order valence-electron chi connectivity index (χ4n) is 2.79. The molecule has 132 valence electrons. The van der Waals surface area contributed by atoms with E-state index in [4.69, 9.17) is 23.8 Å². The van der Waals surface area contributed by atoms with Gasteiger partial charge in [0.25, 0.3) is 11.8 Å². The quantitative estimate of drug-likeness (QED) is 0.409. The predicted molar refractivity (Wildman–Crippen MR) is 109 cm³/mol. The van der Waals surface area contributed by atoms with Gasteiger partial charge in [-0.2, -0.15) is 0 Å². The third-order valence-electron chi connectivity index (χ3n) is 4.10. The molecule has 1 aliphatic rings. The molecule has 0 radical (unpaired) electrons. The van der Waals surface area contributed by atoms with Crippen LogP contribution in [0.2, 0.25) is 5.02 Å². The number of rotatable bonds is 2. The van der Waals surface area contributed by atoms with Gasteiger partial charge in [-0.05, 0) is 54.7 Å². The molecular weight excluding hydrogens is 382 g/mol. The number of nitrogens with one attached hydrogen (secondary N) is 1. The van der Waals surface area contributed by atoms with Gasteiger partial charge in [0.1, 0.15) is 5.57 Å². The fourth-order valence-corrected chi connectivity index (χ4v) is 3.20. The monoisotopic (exact) mass is 393 g/mol. The van der Waals surface area contributed by atoms with Gasteiger partial charge in [-0.1, -0.05) is 35.9 Å². The van der Waals surface area contributed by atoms with Crippen molar-refractivity contribution in [3.63, 3.8) is 0 Å². The van der Waals surface area contributed by atoms with Crippen molar-refractivity contribution >= 4 is 63.4 Å². The van der Waals surface area contributed by atoms with Crippen molar-refractivity contribution in [3.05, 3.63) is 77.0 Å². The molecule has 1 N–H and O–H groups in total. The Bertz CT molecular complexity index is 1130. The number of fused-ring (bicyclic) bond motifs is 1. The van der Waals surface area contributed by atoms with E-state index in [1.807, 2.05) is 30.3 Å². The highest BCUT2D eigenvalue weighted by Gasteiger charge is 2.34. The van der Waals surface area contributed by atoms with Crippen molar-refractivity contribution in [1.82, 2.24) is 10.3 Å². The van der Waals surface area contributed by atoms with Gasteiger partial charge in [-0.15, -0.1) is 0 Å². The van der Waals surface area contributed by atoms with Crippen LogP contribution in [0.25, 0.3) is 17.0 Å². The molecule has 0 bridgehead atoms. The molecular formula is C20H12ClN3O2S. The summed E-state index contributed by atoms with van der Waals surface area (Å²) in [5.74, 6) is -1.06. The number of pyridine rings is 1. The summed E-state index contributed by atoms with van der Waals surface area (Å²) >= 11 is 11.1. The van der Waals surface area contributed by atoms with Crippen LogP contribution in [0.4, 0.5) is 5.69 Å². The van der Waals surface area contributed by atoms with Crippen molar-refractivity contribution in [3.8, 4) is 0 Å². The van der Waals surface area contributed by atoms with Gasteiger partial charge >= 0.3 is 0 Å². The number of amides is 2. The predicted octanol–water partition coefficient (Wildman–Crippen LogP) is 3.72. The van der Waals surface area contributed by atoms with Crippen LogP contribution in [0.1, 0.15) is 5.69 Å². The molecule has 4 rings (SSSR count). The Hall–Kier alpha value is -3.09. The zero-order chi connectivity index (χ0) is 19.0. The Labute approximate surface area is 165 Å². The van der Waals surface area contributed by atoms with E-state index in [1.54, 1.807) is 30.3 Å². The van der Waals surface area contributed by atoms with E-state index in [0.29, 0.717) is 16.4 Å². The van der Waals surface area contributed by atoms with Crippen LogP contribution in [0.15, 0.2) is 66.2 Å². The SMILES string of the molecule is O=C1NC(=S)N(c2ccc(Cl)cc2)C(=O)C1=Cc1ccc2ccccc2n1. The summed E-state index contributed by atoms with van der Waals surface area (Å²) in [5, 5.41) is 4.08. The third-order valence-corrected chi connectivity index (χ3v) is 4.64. The highest BCUT2D eigenvalue weighted by atomic mass is 35.5. The molecule has 2 aromatic carbocycles. The maximum atomic E-state index is 12.9. The summed E-state index contributed by atoms with van der Waals surface area (Å²) in [5.41, 5.74) is 1.77. The minimum absolute atomic E-state index is 0.0240. The van der Waals surface area contributed by atoms with Crippen LogP contribution in [0.3, 0.4) is 0 Å². The number of aromatic nitrogens is 1. The van der Waals surface area contributed by atoms with Crippen molar-refractivity contribution < 1.29 is 9.59 Å². The third kappa shape index (κ3) is 3.32. The van der Waals surface area contributed by atoms with Gasteiger partial charge in [0.15, 0.2) is 5.11 Å². The first-order valence-corrected chi connectivity index (χ1v) is 8.84. The number of carbonyl (C=O) groups excluding carboxylic acids is 2. The van der Waals surface area contributed by atoms with Gasteiger partial charge in [0, 0.05) is 10.4 Å². The van der Waals surface area contributed by atoms with E-state index in [0.717, 1.165) is 10.9 Å². The minimum atomic E-state index is -0.551. The van der Waals surface area contributed by atoms with Crippen molar-refractivity contribution in [2.24, 2.45) is 0 Å². The van der Waals surface area contributed by atoms with Gasteiger partial charge < -0.3 is 0 Å². The summed E-state index contributed by atoms with van der Waals surface area (Å²) in [6, 6.07) is 17.9. The number of hydrogen-bond donors (Lipinski definition) is 1. The average molecular weight is 394 g/mol. The Morgan fingerprint density at radius 3 is 2.52 bits per heavy atom. The number of para-hydroxylation sites is 1. The Morgan fingerprint density at radius 1 is 1.00 bits per heavy atom. The first-order valence-electron chi connectivity index (χ1n) is 8.06. The molecule has 2 amide bonds. The summed E-state index contributed by atoms with van der Waals surface area (Å²) in [6.45, 7) is 0. The van der Waals surface area contributed by atoms with E-state index < -0.39 is 11.8 Å². The number of halogens is 1. The fraction of sp³-hybridized carbons (Fsp3) is 0. The molecule has 5 nitrogen and oxygen atoms in total. The maximum Gasteiger partial charge on any atom is 0.270 e. The van der Waals surface area contributed by atoms with Crippen LogP contribution < -0.4 is 10.2 Å². The van der Waals surface area contributed by atoms with Crippen LogP contribution in [-0.4, -0.2) is 21.9 Å². The van der Waals surface area contributed by atoms with Gasteiger partial charge in [-0.25, -0.2) is 4.98 Å². The van der Waals surface area contributed by atoms with Crippen LogP contribution in [0.5, 0.6) is 0 Å². The molecule has 1 aromatic heterocycles. The first kappa shape index (κ1) is 17.3. The van der Waals surface area contributed by atoms with Crippen molar-refractivity contribution in [2.75, 3.05) is 4.90 Å². The molecule has 1 fully saturated rings. The van der Waals surface area contributed by atoms with Gasteiger partial charge in [0.2, 0.25) is 0 Å². The number of hydrogen-bond acceptors (Lipinski definition) is 4. The number of benzene rings is 2. The lowest BCUT2D eigenvalue weighted by Gasteiger charge is -2.28. The summed E-state index contributed by atoms with van der Waals surface area (Å²) in [4.78, 5) is 31.1. The largest absolute Gasteiger partial charge is 0.298 e. The summed E-state index contributed by atoms with van der Waals surface area (Å²) < 4.78 is 0. The van der Waals surface area contributed by atoms with Crippen molar-refractivity contribution in [2.45, 2.75) is 0 Å². The Morgan fingerprint density at radius 2 is 1.74 bits per heavy atom. The molecule has 0 atom stereocenters. The van der Waals surface area contributed by atoms with E-state index in [1.165, 1.54) is 11.0 Å². The second-order valence-electron chi connectivity index (χ2n) is 5.86. The maximum absolute atomic E-state index is 12.9. The van der Waals surface area contributed by atoms with Gasteiger partial charge in [-0.3, -0.25) is 19.8 Å². The van der Waals surface area contributed by atoms with E-state index in [2.05, 4.69) is 10.3 Å². The van der Waals surface area contributed by atoms with Crippen LogP contribution >= 0.6 is 23.8 Å². The summed E-state index contributed by atoms with van der Waals surface area (Å²) in [7, 11) is 0. The lowest BCUT2D eigenvalue weighted by Crippen LogP contribution is -2.54. The molecule has 7 heteroatoms. The van der Waals surface area contributed by atoms with E-state index >= 15 is 0 Å². The lowest BCUT2D eigenvalue weighted by atomic mass is 10.1. The molecule has 0 saturated carbocycles. The molecule has 1 aliphatic heterocycles. The highest BCUT2D eigenvalue weighted by Crippen LogP contribution is 2.24. The second kappa shape index (κ2) is 6.90. The minimum Gasteiger partial charge on any atom is -0.298 e. The molecule has 0 unspecified atom stereocenters. The Balaban J connectivity index is 1.74. The first-order chi connectivity index (χ1) is 13.0. The molecule has 3 aromatic rings. The smallest absolute Gasteiger partial charge is 0.270 e. The number of nitrogens with zero attached hydrogens (tertiary/aromatic N) is 2.